The van der Waals surface area contributed by atoms with Crippen LogP contribution in [-0.2, 0) is 11.2 Å². The second kappa shape index (κ2) is 8.12. The fourth-order valence-electron chi connectivity index (χ4n) is 3.23. The van der Waals surface area contributed by atoms with Gasteiger partial charge in [0.2, 0.25) is 5.91 Å². The lowest BCUT2D eigenvalue weighted by atomic mass is 10.0. The van der Waals surface area contributed by atoms with Crippen molar-refractivity contribution in [3.63, 3.8) is 0 Å². The predicted molar refractivity (Wildman–Crippen MR) is 106 cm³/mol. The number of carbonyl (C=O) groups excluding carboxylic acids is 2. The third-order valence-corrected chi connectivity index (χ3v) is 4.72. The van der Waals surface area contributed by atoms with Crippen LogP contribution in [0.2, 0.25) is 0 Å². The van der Waals surface area contributed by atoms with Gasteiger partial charge in [-0.05, 0) is 48.2 Å². The van der Waals surface area contributed by atoms with Crippen molar-refractivity contribution in [1.82, 2.24) is 5.32 Å². The Kier molecular flexibility index (Phi) is 5.64. The smallest absolute Gasteiger partial charge is 0.319 e. The first kappa shape index (κ1) is 18.8. The minimum atomic E-state index is -0.602. The number of rotatable bonds is 5. The topological polar surface area (TPSA) is 70.7 Å². The van der Waals surface area contributed by atoms with E-state index in [2.05, 4.69) is 10.6 Å². The number of fused-ring (bicyclic) bond motifs is 1. The molecule has 0 saturated carbocycles. The van der Waals surface area contributed by atoms with Crippen molar-refractivity contribution < 1.29 is 14.3 Å². The summed E-state index contributed by atoms with van der Waals surface area (Å²) in [5.74, 6) is 0.593. The molecule has 3 amide bonds. The Hall–Kier alpha value is -3.02. The van der Waals surface area contributed by atoms with Gasteiger partial charge in [0.25, 0.3) is 0 Å². The summed E-state index contributed by atoms with van der Waals surface area (Å²) in [5.41, 5.74) is 2.73. The highest BCUT2D eigenvalue weighted by molar-refractivity contribution is 6.02. The Labute approximate surface area is 159 Å². The van der Waals surface area contributed by atoms with Crippen LogP contribution in [0, 0.1) is 5.92 Å². The molecule has 0 spiro atoms. The Balaban J connectivity index is 1.68. The van der Waals surface area contributed by atoms with E-state index in [1.165, 1.54) is 0 Å². The molecule has 0 unspecified atom stereocenters. The molecule has 1 aliphatic heterocycles. The maximum atomic E-state index is 13.1. The first-order chi connectivity index (χ1) is 13.0. The van der Waals surface area contributed by atoms with E-state index in [-0.39, 0.29) is 11.8 Å². The number of urea groups is 1. The molecule has 0 bridgehead atoms. The highest BCUT2D eigenvalue weighted by Crippen LogP contribution is 2.28. The molecule has 1 heterocycles. The number of para-hydroxylation sites is 1. The highest BCUT2D eigenvalue weighted by Gasteiger charge is 2.32. The van der Waals surface area contributed by atoms with Gasteiger partial charge >= 0.3 is 6.03 Å². The number of methoxy groups -OCH3 is 1. The lowest BCUT2D eigenvalue weighted by Gasteiger charge is -2.27. The van der Waals surface area contributed by atoms with E-state index < -0.39 is 12.1 Å². The summed E-state index contributed by atoms with van der Waals surface area (Å²) in [6.45, 7) is 4.50. The molecule has 0 aliphatic carbocycles. The molecule has 1 aliphatic rings. The SMILES string of the molecule is COc1ccc(NC(=O)N[C@@H](C(=O)N2CCc3ccccc32)C(C)C)cc1. The molecular formula is C21H25N3O3. The van der Waals surface area contributed by atoms with Gasteiger partial charge in [-0.3, -0.25) is 4.79 Å². The largest absolute Gasteiger partial charge is 0.497 e. The molecule has 2 aromatic carbocycles. The fourth-order valence-corrected chi connectivity index (χ4v) is 3.23. The van der Waals surface area contributed by atoms with Gasteiger partial charge in [0.15, 0.2) is 0 Å². The van der Waals surface area contributed by atoms with Gasteiger partial charge in [-0.2, -0.15) is 0 Å². The average Bonchev–Trinajstić information content (AvgIpc) is 3.10. The molecule has 142 valence electrons. The van der Waals surface area contributed by atoms with E-state index >= 15 is 0 Å². The Bertz CT molecular complexity index is 818. The summed E-state index contributed by atoms with van der Waals surface area (Å²) in [6.07, 6.45) is 0.838. The average molecular weight is 367 g/mol. The Morgan fingerprint density at radius 3 is 2.44 bits per heavy atom. The summed E-state index contributed by atoms with van der Waals surface area (Å²) in [6, 6.07) is 13.9. The number of carbonyl (C=O) groups is 2. The molecule has 1 atom stereocenters. The number of benzene rings is 2. The molecule has 3 rings (SSSR count). The van der Waals surface area contributed by atoms with Crippen LogP contribution in [0.5, 0.6) is 5.75 Å². The minimum absolute atomic E-state index is 0.0353. The normalized spacial score (nSPS) is 13.9. The predicted octanol–water partition coefficient (Wildman–Crippen LogP) is 3.43. The van der Waals surface area contributed by atoms with Gasteiger partial charge in [0.1, 0.15) is 11.8 Å². The van der Waals surface area contributed by atoms with Crippen molar-refractivity contribution in [1.29, 1.82) is 0 Å². The van der Waals surface area contributed by atoms with Crippen LogP contribution >= 0.6 is 0 Å². The van der Waals surface area contributed by atoms with E-state index in [0.29, 0.717) is 18.0 Å². The highest BCUT2D eigenvalue weighted by atomic mass is 16.5. The van der Waals surface area contributed by atoms with Gasteiger partial charge in [0, 0.05) is 17.9 Å². The first-order valence-corrected chi connectivity index (χ1v) is 9.10. The summed E-state index contributed by atoms with van der Waals surface area (Å²) in [4.78, 5) is 27.3. The summed E-state index contributed by atoms with van der Waals surface area (Å²) < 4.78 is 5.11. The van der Waals surface area contributed by atoms with Gasteiger partial charge in [0.05, 0.1) is 7.11 Å². The van der Waals surface area contributed by atoms with E-state index in [0.717, 1.165) is 17.7 Å². The zero-order valence-corrected chi connectivity index (χ0v) is 15.9. The monoisotopic (exact) mass is 367 g/mol. The van der Waals surface area contributed by atoms with Crippen molar-refractivity contribution in [3.05, 3.63) is 54.1 Å². The zero-order chi connectivity index (χ0) is 19.4. The van der Waals surface area contributed by atoms with Gasteiger partial charge < -0.3 is 20.3 Å². The molecule has 2 aromatic rings. The maximum absolute atomic E-state index is 13.1. The van der Waals surface area contributed by atoms with Gasteiger partial charge in [-0.1, -0.05) is 32.0 Å². The van der Waals surface area contributed by atoms with E-state index in [4.69, 9.17) is 4.74 Å². The van der Waals surface area contributed by atoms with E-state index in [1.54, 1.807) is 36.3 Å². The van der Waals surface area contributed by atoms with Crippen molar-refractivity contribution in [2.24, 2.45) is 5.92 Å². The molecule has 6 nitrogen and oxygen atoms in total. The van der Waals surface area contributed by atoms with Crippen LogP contribution in [0.4, 0.5) is 16.2 Å². The van der Waals surface area contributed by atoms with Crippen molar-refractivity contribution in [2.45, 2.75) is 26.3 Å². The Morgan fingerprint density at radius 1 is 1.07 bits per heavy atom. The lowest BCUT2D eigenvalue weighted by Crippen LogP contribution is -2.52. The van der Waals surface area contributed by atoms with Crippen molar-refractivity contribution in [2.75, 3.05) is 23.9 Å². The summed E-state index contributed by atoms with van der Waals surface area (Å²) >= 11 is 0. The van der Waals surface area contributed by atoms with E-state index in [9.17, 15) is 9.59 Å². The lowest BCUT2D eigenvalue weighted by molar-refractivity contribution is -0.121. The first-order valence-electron chi connectivity index (χ1n) is 9.10. The molecule has 0 saturated heterocycles. The van der Waals surface area contributed by atoms with Crippen molar-refractivity contribution in [3.8, 4) is 5.75 Å². The standard InChI is InChI=1S/C21H25N3O3/c1-14(2)19(20(25)24-13-12-15-6-4-5-7-18(15)24)23-21(26)22-16-8-10-17(27-3)11-9-16/h4-11,14,19H,12-13H2,1-3H3,(H2,22,23,26)/t19-/m1/s1. The van der Waals surface area contributed by atoms with Crippen LogP contribution < -0.4 is 20.3 Å². The summed E-state index contributed by atoms with van der Waals surface area (Å²) in [5, 5.41) is 5.60. The third-order valence-electron chi connectivity index (χ3n) is 4.72. The van der Waals surface area contributed by atoms with Gasteiger partial charge in [-0.15, -0.1) is 0 Å². The van der Waals surface area contributed by atoms with Gasteiger partial charge in [-0.25, -0.2) is 4.79 Å². The molecule has 0 fully saturated rings. The molecule has 27 heavy (non-hydrogen) atoms. The number of nitrogens with one attached hydrogen (secondary N) is 2. The Morgan fingerprint density at radius 2 is 1.78 bits per heavy atom. The van der Waals surface area contributed by atoms with Crippen LogP contribution in [-0.4, -0.2) is 31.6 Å². The number of anilines is 2. The van der Waals surface area contributed by atoms with Crippen LogP contribution in [0.1, 0.15) is 19.4 Å². The van der Waals surface area contributed by atoms with E-state index in [1.807, 2.05) is 38.1 Å². The number of ether oxygens (including phenoxy) is 1. The summed E-state index contributed by atoms with van der Waals surface area (Å²) in [7, 11) is 1.59. The van der Waals surface area contributed by atoms with Crippen molar-refractivity contribution >= 4 is 23.3 Å². The quantitative estimate of drug-likeness (QED) is 0.851. The number of amides is 3. The van der Waals surface area contributed by atoms with Crippen LogP contribution in [0.15, 0.2) is 48.5 Å². The second-order valence-corrected chi connectivity index (χ2v) is 6.92. The van der Waals surface area contributed by atoms with Crippen LogP contribution in [0.25, 0.3) is 0 Å². The third kappa shape index (κ3) is 4.22. The molecular weight excluding hydrogens is 342 g/mol. The zero-order valence-electron chi connectivity index (χ0n) is 15.9. The fraction of sp³-hybridized carbons (Fsp3) is 0.333. The minimum Gasteiger partial charge on any atom is -0.497 e. The molecule has 2 N–H and O–H groups in total. The van der Waals surface area contributed by atoms with Crippen LogP contribution in [0.3, 0.4) is 0 Å². The second-order valence-electron chi connectivity index (χ2n) is 6.92. The molecule has 0 aromatic heterocycles. The molecule has 6 heteroatoms. The number of nitrogens with zero attached hydrogens (tertiary/aromatic N) is 1. The maximum Gasteiger partial charge on any atom is 0.319 e. The molecule has 0 radical (unpaired) electrons. The number of hydrogen-bond donors (Lipinski definition) is 2. The number of hydrogen-bond acceptors (Lipinski definition) is 3.